The summed E-state index contributed by atoms with van der Waals surface area (Å²) in [5.41, 5.74) is 2.10. The van der Waals surface area contributed by atoms with Gasteiger partial charge in [-0.3, -0.25) is 4.79 Å². The lowest BCUT2D eigenvalue weighted by atomic mass is 9.98. The Balaban J connectivity index is 1.54. The topological polar surface area (TPSA) is 69.5 Å². The molecule has 4 rings (SSSR count). The fourth-order valence-corrected chi connectivity index (χ4v) is 3.73. The highest BCUT2D eigenvalue weighted by Crippen LogP contribution is 2.34. The van der Waals surface area contributed by atoms with Crippen molar-refractivity contribution in [3.63, 3.8) is 0 Å². The predicted molar refractivity (Wildman–Crippen MR) is 86.4 cm³/mol. The molecular formula is C17H26N4O3. The molecule has 0 radical (unpaired) electrons. The first-order valence-electron chi connectivity index (χ1n) is 9.16. The minimum atomic E-state index is -0.277. The number of ether oxygens (including phenoxy) is 2. The molecule has 24 heavy (non-hydrogen) atoms. The molecule has 7 heteroatoms. The number of hydrogen-bond acceptors (Lipinski definition) is 5. The van der Waals surface area contributed by atoms with Crippen molar-refractivity contribution in [2.75, 3.05) is 26.4 Å². The summed E-state index contributed by atoms with van der Waals surface area (Å²) in [6.07, 6.45) is 4.09. The van der Waals surface area contributed by atoms with E-state index in [0.29, 0.717) is 32.9 Å². The first kappa shape index (κ1) is 16.0. The second-order valence-corrected chi connectivity index (χ2v) is 7.12. The van der Waals surface area contributed by atoms with E-state index in [1.165, 1.54) is 18.5 Å². The number of rotatable bonds is 6. The summed E-state index contributed by atoms with van der Waals surface area (Å²) in [5.74, 6) is 0.985. The van der Waals surface area contributed by atoms with Gasteiger partial charge in [-0.25, -0.2) is 4.68 Å². The summed E-state index contributed by atoms with van der Waals surface area (Å²) in [4.78, 5) is 14.6. The molecule has 2 fully saturated rings. The Bertz CT molecular complexity index is 593. The normalized spacial score (nSPS) is 26.6. The zero-order chi connectivity index (χ0) is 16.5. The number of carbonyl (C=O) groups excluding carboxylic acids is 1. The molecule has 7 nitrogen and oxygen atoms in total. The van der Waals surface area contributed by atoms with E-state index in [-0.39, 0.29) is 17.9 Å². The maximum absolute atomic E-state index is 12.7. The Labute approximate surface area is 142 Å². The van der Waals surface area contributed by atoms with Crippen LogP contribution in [-0.2, 0) is 27.4 Å². The lowest BCUT2D eigenvalue weighted by Crippen LogP contribution is -2.44. The highest BCUT2D eigenvalue weighted by Gasteiger charge is 2.37. The van der Waals surface area contributed by atoms with Crippen LogP contribution in [0.5, 0.6) is 0 Å². The number of carbonyl (C=O) groups is 1. The van der Waals surface area contributed by atoms with Gasteiger partial charge < -0.3 is 14.4 Å². The molecule has 1 amide bonds. The molecule has 132 valence electrons. The van der Waals surface area contributed by atoms with E-state index in [1.807, 2.05) is 11.8 Å². The SMILES string of the molecule is CCOCC1CN(C(=O)[C@@H]2CCCO2)Cc2nnn(CC3CC3)c21. The van der Waals surface area contributed by atoms with Gasteiger partial charge in [-0.05, 0) is 38.5 Å². The first-order valence-corrected chi connectivity index (χ1v) is 9.16. The molecule has 1 aliphatic carbocycles. The van der Waals surface area contributed by atoms with Gasteiger partial charge in [-0.1, -0.05) is 5.21 Å². The number of nitrogens with zero attached hydrogens (tertiary/aromatic N) is 4. The molecule has 0 spiro atoms. The fraction of sp³-hybridized carbons (Fsp3) is 0.824. The van der Waals surface area contributed by atoms with Gasteiger partial charge >= 0.3 is 0 Å². The van der Waals surface area contributed by atoms with Crippen molar-refractivity contribution in [2.24, 2.45) is 5.92 Å². The van der Waals surface area contributed by atoms with Crippen LogP contribution in [0.15, 0.2) is 0 Å². The molecule has 1 aromatic heterocycles. The summed E-state index contributed by atoms with van der Waals surface area (Å²) in [7, 11) is 0. The zero-order valence-corrected chi connectivity index (χ0v) is 14.3. The summed E-state index contributed by atoms with van der Waals surface area (Å²) in [6.45, 7) is 6.14. The van der Waals surface area contributed by atoms with Crippen LogP contribution >= 0.6 is 0 Å². The Hall–Kier alpha value is -1.47. The van der Waals surface area contributed by atoms with Crippen molar-refractivity contribution < 1.29 is 14.3 Å². The molecular weight excluding hydrogens is 308 g/mol. The Kier molecular flexibility index (Phi) is 4.54. The van der Waals surface area contributed by atoms with Gasteiger partial charge in [0.1, 0.15) is 11.8 Å². The van der Waals surface area contributed by atoms with E-state index in [4.69, 9.17) is 9.47 Å². The molecule has 2 atom stereocenters. The third-order valence-corrected chi connectivity index (χ3v) is 5.18. The predicted octanol–water partition coefficient (Wildman–Crippen LogP) is 1.33. The lowest BCUT2D eigenvalue weighted by molar-refractivity contribution is -0.142. The summed E-state index contributed by atoms with van der Waals surface area (Å²) in [6, 6.07) is 0. The van der Waals surface area contributed by atoms with Crippen LogP contribution in [0.3, 0.4) is 0 Å². The minimum absolute atomic E-state index is 0.0939. The number of aromatic nitrogens is 3. The third-order valence-electron chi connectivity index (χ3n) is 5.18. The van der Waals surface area contributed by atoms with Gasteiger partial charge in [0.25, 0.3) is 5.91 Å². The monoisotopic (exact) mass is 334 g/mol. The van der Waals surface area contributed by atoms with Gasteiger partial charge in [-0.2, -0.15) is 0 Å². The molecule has 0 aromatic carbocycles. The van der Waals surface area contributed by atoms with Gasteiger partial charge in [0.15, 0.2) is 0 Å². The van der Waals surface area contributed by atoms with Crippen LogP contribution in [-0.4, -0.2) is 58.3 Å². The molecule has 3 heterocycles. The van der Waals surface area contributed by atoms with E-state index < -0.39 is 0 Å². The molecule has 0 N–H and O–H groups in total. The second-order valence-electron chi connectivity index (χ2n) is 7.12. The van der Waals surface area contributed by atoms with Crippen LogP contribution in [0, 0.1) is 5.92 Å². The molecule has 1 saturated carbocycles. The second kappa shape index (κ2) is 6.80. The van der Waals surface area contributed by atoms with Crippen LogP contribution in [0.25, 0.3) is 0 Å². The van der Waals surface area contributed by atoms with E-state index in [2.05, 4.69) is 15.0 Å². The number of amides is 1. The number of hydrogen-bond donors (Lipinski definition) is 0. The molecule has 1 aromatic rings. The van der Waals surface area contributed by atoms with Crippen molar-refractivity contribution >= 4 is 5.91 Å². The van der Waals surface area contributed by atoms with E-state index in [9.17, 15) is 4.79 Å². The number of fused-ring (bicyclic) bond motifs is 1. The largest absolute Gasteiger partial charge is 0.381 e. The minimum Gasteiger partial charge on any atom is -0.381 e. The van der Waals surface area contributed by atoms with E-state index in [1.54, 1.807) is 0 Å². The maximum Gasteiger partial charge on any atom is 0.252 e. The molecule has 1 saturated heterocycles. The molecule has 0 bridgehead atoms. The Morgan fingerprint density at radius 1 is 1.38 bits per heavy atom. The summed E-state index contributed by atoms with van der Waals surface area (Å²) < 4.78 is 13.3. The first-order chi connectivity index (χ1) is 11.8. The van der Waals surface area contributed by atoms with Gasteiger partial charge in [-0.15, -0.1) is 5.10 Å². The van der Waals surface area contributed by atoms with Crippen LogP contribution < -0.4 is 0 Å². The van der Waals surface area contributed by atoms with Crippen LogP contribution in [0.1, 0.15) is 49.9 Å². The molecule has 1 unspecified atom stereocenters. The molecule has 3 aliphatic rings. The van der Waals surface area contributed by atoms with Crippen molar-refractivity contribution in [1.82, 2.24) is 19.9 Å². The van der Waals surface area contributed by atoms with E-state index in [0.717, 1.165) is 31.0 Å². The smallest absolute Gasteiger partial charge is 0.252 e. The van der Waals surface area contributed by atoms with Crippen molar-refractivity contribution in [2.45, 2.75) is 57.7 Å². The highest BCUT2D eigenvalue weighted by atomic mass is 16.5. The van der Waals surface area contributed by atoms with Crippen LogP contribution in [0.4, 0.5) is 0 Å². The van der Waals surface area contributed by atoms with Gasteiger partial charge in [0.2, 0.25) is 0 Å². The Morgan fingerprint density at radius 3 is 2.96 bits per heavy atom. The fourth-order valence-electron chi connectivity index (χ4n) is 3.73. The van der Waals surface area contributed by atoms with Crippen molar-refractivity contribution in [1.29, 1.82) is 0 Å². The summed E-state index contributed by atoms with van der Waals surface area (Å²) >= 11 is 0. The summed E-state index contributed by atoms with van der Waals surface area (Å²) in [5, 5.41) is 8.75. The third kappa shape index (κ3) is 3.19. The average Bonchev–Trinajstić information content (AvgIpc) is 3.09. The van der Waals surface area contributed by atoms with E-state index >= 15 is 0 Å². The maximum atomic E-state index is 12.7. The highest BCUT2D eigenvalue weighted by molar-refractivity contribution is 5.81. The Morgan fingerprint density at radius 2 is 2.25 bits per heavy atom. The lowest BCUT2D eigenvalue weighted by Gasteiger charge is -2.33. The van der Waals surface area contributed by atoms with Crippen LogP contribution in [0.2, 0.25) is 0 Å². The van der Waals surface area contributed by atoms with Gasteiger partial charge in [0.05, 0.1) is 18.8 Å². The quantitative estimate of drug-likeness (QED) is 0.785. The molecule has 2 aliphatic heterocycles. The zero-order valence-electron chi connectivity index (χ0n) is 14.3. The van der Waals surface area contributed by atoms with Crippen molar-refractivity contribution in [3.8, 4) is 0 Å². The van der Waals surface area contributed by atoms with Crippen molar-refractivity contribution in [3.05, 3.63) is 11.4 Å². The average molecular weight is 334 g/mol. The van der Waals surface area contributed by atoms with Gasteiger partial charge in [0, 0.05) is 32.2 Å². The standard InChI is InChI=1S/C17H26N4O3/c1-2-23-11-13-9-20(17(22)15-4-3-7-24-15)10-14-16(13)21(19-18-14)8-12-5-6-12/h12-13,15H,2-11H2,1H3/t13?,15-/m0/s1.